The summed E-state index contributed by atoms with van der Waals surface area (Å²) in [7, 11) is 0. The van der Waals surface area contributed by atoms with Gasteiger partial charge in [-0.1, -0.05) is 36.4 Å². The van der Waals surface area contributed by atoms with Crippen molar-refractivity contribution in [3.63, 3.8) is 0 Å². The number of rotatable bonds is 4. The molecule has 0 saturated carbocycles. The molecule has 2 fully saturated rings. The molecular formula is C20H23NO3S. The summed E-state index contributed by atoms with van der Waals surface area (Å²) in [5, 5.41) is 13.3. The molecule has 0 radical (unpaired) electrons. The van der Waals surface area contributed by atoms with Gasteiger partial charge in [0.05, 0.1) is 4.88 Å². The predicted octanol–water partition coefficient (Wildman–Crippen LogP) is 3.36. The minimum absolute atomic E-state index is 0.223. The number of hydrogen-bond acceptors (Lipinski definition) is 5. The molecule has 132 valence electrons. The van der Waals surface area contributed by atoms with Crippen LogP contribution in [0.1, 0.15) is 36.1 Å². The topological polar surface area (TPSA) is 49.8 Å². The fourth-order valence-corrected chi connectivity index (χ4v) is 4.85. The molecule has 0 amide bonds. The number of thiophene rings is 1. The van der Waals surface area contributed by atoms with Crippen molar-refractivity contribution in [1.29, 1.82) is 0 Å². The number of carbonyl (C=O) groups is 1. The van der Waals surface area contributed by atoms with E-state index in [0.29, 0.717) is 10.4 Å². The van der Waals surface area contributed by atoms with Gasteiger partial charge in [0.1, 0.15) is 0 Å². The van der Waals surface area contributed by atoms with E-state index in [0.717, 1.165) is 38.3 Å². The highest BCUT2D eigenvalue weighted by molar-refractivity contribution is 7.10. The Balaban J connectivity index is 1.60. The van der Waals surface area contributed by atoms with Crippen LogP contribution in [0, 0.1) is 5.92 Å². The van der Waals surface area contributed by atoms with Crippen molar-refractivity contribution < 1.29 is 14.6 Å². The molecule has 4 nitrogen and oxygen atoms in total. The zero-order chi connectivity index (χ0) is 17.3. The van der Waals surface area contributed by atoms with E-state index in [1.165, 1.54) is 17.8 Å². The third kappa shape index (κ3) is 3.12. The summed E-state index contributed by atoms with van der Waals surface area (Å²) in [4.78, 5) is 16.0. The van der Waals surface area contributed by atoms with E-state index in [4.69, 9.17) is 4.74 Å². The molecule has 1 aromatic heterocycles. The Labute approximate surface area is 152 Å². The van der Waals surface area contributed by atoms with Gasteiger partial charge >= 0.3 is 5.97 Å². The Kier molecular flexibility index (Phi) is 4.63. The number of aliphatic hydroxyl groups is 1. The largest absolute Gasteiger partial charge is 0.444 e. The lowest BCUT2D eigenvalue weighted by Gasteiger charge is -2.43. The summed E-state index contributed by atoms with van der Waals surface area (Å²) < 4.78 is 5.86. The Morgan fingerprint density at radius 1 is 1.16 bits per heavy atom. The molecule has 2 aliphatic rings. The monoisotopic (exact) mass is 357 g/mol. The summed E-state index contributed by atoms with van der Waals surface area (Å²) in [5.41, 5.74) is -1.20. The molecule has 4 rings (SSSR count). The first-order valence-electron chi connectivity index (χ1n) is 8.95. The third-order valence-electron chi connectivity index (χ3n) is 5.39. The van der Waals surface area contributed by atoms with Gasteiger partial charge in [-0.15, -0.1) is 11.3 Å². The van der Waals surface area contributed by atoms with Crippen molar-refractivity contribution >= 4 is 17.3 Å². The van der Waals surface area contributed by atoms with Gasteiger partial charge in [-0.25, -0.2) is 4.79 Å². The summed E-state index contributed by atoms with van der Waals surface area (Å²) in [5.74, 6) is 0.157. The van der Waals surface area contributed by atoms with Gasteiger partial charge in [-0.3, -0.25) is 4.90 Å². The zero-order valence-corrected chi connectivity index (χ0v) is 15.0. The minimum atomic E-state index is -1.75. The van der Waals surface area contributed by atoms with E-state index in [9.17, 15) is 9.90 Å². The molecule has 2 aromatic rings. The highest BCUT2D eigenvalue weighted by Crippen LogP contribution is 2.36. The molecule has 4 unspecified atom stereocenters. The number of ether oxygens (including phenoxy) is 1. The Morgan fingerprint density at radius 2 is 2.00 bits per heavy atom. The van der Waals surface area contributed by atoms with Crippen LogP contribution in [0.15, 0.2) is 47.8 Å². The van der Waals surface area contributed by atoms with E-state index >= 15 is 0 Å². The van der Waals surface area contributed by atoms with E-state index in [-0.39, 0.29) is 6.23 Å². The number of benzene rings is 1. The molecule has 25 heavy (non-hydrogen) atoms. The maximum absolute atomic E-state index is 13.1. The fourth-order valence-electron chi connectivity index (χ4n) is 4.02. The molecule has 2 aliphatic heterocycles. The van der Waals surface area contributed by atoms with Gasteiger partial charge in [0.25, 0.3) is 0 Å². The van der Waals surface area contributed by atoms with Crippen molar-refractivity contribution in [1.82, 2.24) is 4.90 Å². The molecule has 5 heteroatoms. The summed E-state index contributed by atoms with van der Waals surface area (Å²) in [6, 6.07) is 12.7. The number of esters is 1. The van der Waals surface area contributed by atoms with Crippen molar-refractivity contribution in [3.8, 4) is 0 Å². The lowest BCUT2D eigenvalue weighted by Crippen LogP contribution is -2.51. The first-order valence-corrected chi connectivity index (χ1v) is 9.83. The number of carbonyl (C=O) groups excluding carboxylic acids is 1. The van der Waals surface area contributed by atoms with Crippen molar-refractivity contribution in [2.45, 2.75) is 37.5 Å². The fraction of sp³-hybridized carbons (Fsp3) is 0.450. The Hall–Kier alpha value is -1.69. The second-order valence-corrected chi connectivity index (χ2v) is 7.94. The van der Waals surface area contributed by atoms with E-state index in [2.05, 4.69) is 4.90 Å². The smallest absolute Gasteiger partial charge is 0.350 e. The Morgan fingerprint density at radius 3 is 2.76 bits per heavy atom. The minimum Gasteiger partial charge on any atom is -0.444 e. The lowest BCUT2D eigenvalue weighted by atomic mass is 9.88. The highest BCUT2D eigenvalue weighted by atomic mass is 32.1. The van der Waals surface area contributed by atoms with Gasteiger partial charge in [-0.2, -0.15) is 0 Å². The SMILES string of the molecule is O=C(OC1CCC2CCCN1C2)C(O)(c1ccccc1)c1cccs1. The lowest BCUT2D eigenvalue weighted by molar-refractivity contribution is -0.184. The van der Waals surface area contributed by atoms with Crippen LogP contribution in [0.5, 0.6) is 0 Å². The maximum atomic E-state index is 13.1. The van der Waals surface area contributed by atoms with Crippen LogP contribution in [-0.4, -0.2) is 35.3 Å². The zero-order valence-electron chi connectivity index (χ0n) is 14.1. The predicted molar refractivity (Wildman–Crippen MR) is 97.2 cm³/mol. The molecule has 3 heterocycles. The van der Waals surface area contributed by atoms with Crippen molar-refractivity contribution in [3.05, 3.63) is 58.3 Å². The van der Waals surface area contributed by atoms with Crippen LogP contribution < -0.4 is 0 Å². The molecule has 0 aliphatic carbocycles. The average Bonchev–Trinajstić information content (AvgIpc) is 3.19. The van der Waals surface area contributed by atoms with Crippen LogP contribution in [-0.2, 0) is 15.1 Å². The summed E-state index contributed by atoms with van der Waals surface area (Å²) in [6.45, 7) is 1.97. The van der Waals surface area contributed by atoms with Crippen LogP contribution in [0.25, 0.3) is 0 Å². The highest BCUT2D eigenvalue weighted by Gasteiger charge is 2.45. The maximum Gasteiger partial charge on any atom is 0.350 e. The molecule has 4 atom stereocenters. The number of fused-ring (bicyclic) bond motifs is 2. The second kappa shape index (κ2) is 6.90. The van der Waals surface area contributed by atoms with Crippen LogP contribution in [0.3, 0.4) is 0 Å². The van der Waals surface area contributed by atoms with Gasteiger partial charge in [0, 0.05) is 18.7 Å². The molecule has 0 spiro atoms. The first kappa shape index (κ1) is 16.8. The quantitative estimate of drug-likeness (QED) is 0.853. The third-order valence-corrected chi connectivity index (χ3v) is 6.37. The van der Waals surface area contributed by atoms with Gasteiger partial charge < -0.3 is 9.84 Å². The van der Waals surface area contributed by atoms with Crippen molar-refractivity contribution in [2.75, 3.05) is 13.1 Å². The molecule has 2 saturated heterocycles. The van der Waals surface area contributed by atoms with E-state index < -0.39 is 11.6 Å². The molecule has 1 aromatic carbocycles. The number of hydrogen-bond donors (Lipinski definition) is 1. The average molecular weight is 357 g/mol. The number of nitrogens with zero attached hydrogens (tertiary/aromatic N) is 1. The van der Waals surface area contributed by atoms with Crippen LogP contribution in [0.4, 0.5) is 0 Å². The van der Waals surface area contributed by atoms with Gasteiger partial charge in [0.2, 0.25) is 5.60 Å². The number of piperidine rings is 2. The molecule has 2 bridgehead atoms. The first-order chi connectivity index (χ1) is 12.2. The second-order valence-electron chi connectivity index (χ2n) is 6.99. The summed E-state index contributed by atoms with van der Waals surface area (Å²) >= 11 is 1.37. The Bertz CT molecular complexity index is 718. The normalized spacial score (nSPS) is 28.1. The van der Waals surface area contributed by atoms with Gasteiger partial charge in [-0.05, 0) is 43.0 Å². The van der Waals surface area contributed by atoms with E-state index in [1.54, 1.807) is 18.2 Å². The molecular weight excluding hydrogens is 334 g/mol. The van der Waals surface area contributed by atoms with Crippen LogP contribution >= 0.6 is 11.3 Å². The standard InChI is InChI=1S/C20H23NO3S/c22-19(24-18-11-10-15-6-4-12-21(18)14-15)20(23,17-9-5-13-25-17)16-7-2-1-3-8-16/h1-3,5,7-9,13,15,18,23H,4,6,10-12,14H2. The summed E-state index contributed by atoms with van der Waals surface area (Å²) in [6.07, 6.45) is 4.16. The van der Waals surface area contributed by atoms with Crippen molar-refractivity contribution in [2.24, 2.45) is 5.92 Å². The van der Waals surface area contributed by atoms with E-state index in [1.807, 2.05) is 29.6 Å². The van der Waals surface area contributed by atoms with Gasteiger partial charge in [0.15, 0.2) is 6.23 Å². The van der Waals surface area contributed by atoms with Crippen LogP contribution in [0.2, 0.25) is 0 Å². The molecule has 1 N–H and O–H groups in total.